The van der Waals surface area contributed by atoms with E-state index in [4.69, 9.17) is 14.2 Å². The minimum Gasteiger partial charge on any atom is -0.497 e. The monoisotopic (exact) mass is 560 g/mol. The maximum Gasteiger partial charge on any atom is 0.336 e. The number of methoxy groups -OCH3 is 1. The number of benzene rings is 2. The van der Waals surface area contributed by atoms with Crippen LogP contribution in [0, 0.1) is 5.92 Å². The fourth-order valence-corrected chi connectivity index (χ4v) is 6.00. The lowest BCUT2D eigenvalue weighted by Gasteiger charge is -2.39. The highest BCUT2D eigenvalue weighted by Crippen LogP contribution is 2.48. The van der Waals surface area contributed by atoms with E-state index < -0.39 is 29.7 Å². The average molecular weight is 561 g/mol. The minimum atomic E-state index is -1.07. The molecule has 0 spiro atoms. The topological polar surface area (TPSA) is 94.2 Å². The largest absolute Gasteiger partial charge is 0.497 e. The molecule has 8 heteroatoms. The number of carbonyl (C=O) groups excluding carboxylic acids is 3. The summed E-state index contributed by atoms with van der Waals surface area (Å²) in [4.78, 5) is 43.5. The zero-order valence-corrected chi connectivity index (χ0v) is 24.8. The Balaban J connectivity index is 1.88. The SMILES string of the molecule is CCOC(=O)C1=C(C)NC2=C(C(=O)[C@H](C(=O)OCC)[C@H](c3cccc(OC)c3)C2)[C@@H]1c1ccc(N(CC)CC)cc1. The van der Waals surface area contributed by atoms with Crippen molar-refractivity contribution in [3.8, 4) is 5.75 Å². The van der Waals surface area contributed by atoms with Gasteiger partial charge in [-0.25, -0.2) is 4.79 Å². The summed E-state index contributed by atoms with van der Waals surface area (Å²) in [5, 5.41) is 3.35. The molecule has 1 heterocycles. The van der Waals surface area contributed by atoms with Crippen molar-refractivity contribution in [3.05, 3.63) is 82.2 Å². The smallest absolute Gasteiger partial charge is 0.336 e. The summed E-state index contributed by atoms with van der Waals surface area (Å²) in [5.74, 6) is -2.99. The van der Waals surface area contributed by atoms with Crippen LogP contribution in [-0.4, -0.2) is 51.1 Å². The van der Waals surface area contributed by atoms with Crippen molar-refractivity contribution in [2.45, 2.75) is 52.9 Å². The third kappa shape index (κ3) is 5.87. The van der Waals surface area contributed by atoms with E-state index in [1.54, 1.807) is 21.0 Å². The molecule has 2 aliphatic rings. The van der Waals surface area contributed by atoms with Crippen molar-refractivity contribution in [3.63, 3.8) is 0 Å². The molecule has 8 nitrogen and oxygen atoms in total. The Hall–Kier alpha value is -4.07. The lowest BCUT2D eigenvalue weighted by molar-refractivity contribution is -0.152. The molecule has 0 fully saturated rings. The molecular formula is C33H40N2O6. The molecule has 4 rings (SSSR count). The number of nitrogens with zero attached hydrogens (tertiary/aromatic N) is 1. The number of hydrogen-bond acceptors (Lipinski definition) is 8. The number of allylic oxidation sites excluding steroid dienone is 3. The van der Waals surface area contributed by atoms with Gasteiger partial charge in [-0.15, -0.1) is 0 Å². The predicted octanol–water partition coefficient (Wildman–Crippen LogP) is 5.26. The summed E-state index contributed by atoms with van der Waals surface area (Å²) in [6.07, 6.45) is 0.388. The predicted molar refractivity (Wildman–Crippen MR) is 158 cm³/mol. The molecule has 0 saturated carbocycles. The van der Waals surface area contributed by atoms with Crippen molar-refractivity contribution >= 4 is 23.4 Å². The molecule has 1 aliphatic carbocycles. The summed E-state index contributed by atoms with van der Waals surface area (Å²) in [5.41, 5.74) is 4.76. The van der Waals surface area contributed by atoms with Crippen LogP contribution in [0.25, 0.3) is 0 Å². The van der Waals surface area contributed by atoms with E-state index >= 15 is 0 Å². The van der Waals surface area contributed by atoms with Crippen molar-refractivity contribution in [2.24, 2.45) is 5.92 Å². The molecule has 1 aliphatic heterocycles. The number of nitrogens with one attached hydrogen (secondary N) is 1. The van der Waals surface area contributed by atoms with E-state index in [1.165, 1.54) is 0 Å². The third-order valence-electron chi connectivity index (χ3n) is 7.93. The van der Waals surface area contributed by atoms with E-state index in [0.717, 1.165) is 29.9 Å². The van der Waals surface area contributed by atoms with E-state index in [9.17, 15) is 14.4 Å². The molecule has 2 aromatic carbocycles. The van der Waals surface area contributed by atoms with Gasteiger partial charge in [0.25, 0.3) is 0 Å². The molecule has 0 bridgehead atoms. The molecule has 0 radical (unpaired) electrons. The standard InChI is InChI=1S/C33H40N2O6/c1-7-35(8-2)23-16-14-21(15-17-23)28-27(32(37)40-9-3)20(5)34-26-19-25(22-12-11-13-24(18-22)39-6)29(31(36)30(26)28)33(38)41-10-4/h11-18,25,28-29,34H,7-10,19H2,1-6H3/t25-,28+,29+/m0/s1. The number of anilines is 1. The maximum absolute atomic E-state index is 14.5. The van der Waals surface area contributed by atoms with Gasteiger partial charge >= 0.3 is 11.9 Å². The fraction of sp³-hybridized carbons (Fsp3) is 0.424. The quantitative estimate of drug-likeness (QED) is 0.311. The molecule has 0 amide bonds. The molecule has 0 saturated heterocycles. The van der Waals surface area contributed by atoms with Gasteiger partial charge in [0, 0.05) is 47.6 Å². The number of hydrogen-bond donors (Lipinski definition) is 1. The number of Topliss-reactive ketones (excluding diaryl/α,β-unsaturated/α-hetero) is 1. The highest BCUT2D eigenvalue weighted by Gasteiger charge is 2.49. The van der Waals surface area contributed by atoms with Crippen molar-refractivity contribution < 1.29 is 28.6 Å². The number of rotatable bonds is 10. The molecule has 0 unspecified atom stereocenters. The molecule has 3 atom stereocenters. The number of ketones is 1. The lowest BCUT2D eigenvalue weighted by atomic mass is 9.67. The summed E-state index contributed by atoms with van der Waals surface area (Å²) in [7, 11) is 1.58. The van der Waals surface area contributed by atoms with Crippen LogP contribution in [0.1, 0.15) is 64.0 Å². The van der Waals surface area contributed by atoms with E-state index in [1.807, 2.05) is 55.5 Å². The Morgan fingerprint density at radius 3 is 2.24 bits per heavy atom. The first-order valence-electron chi connectivity index (χ1n) is 14.4. The lowest BCUT2D eigenvalue weighted by Crippen LogP contribution is -2.43. The highest BCUT2D eigenvalue weighted by molar-refractivity contribution is 6.13. The summed E-state index contributed by atoms with van der Waals surface area (Å²) in [6.45, 7) is 11.6. The molecular weight excluding hydrogens is 520 g/mol. The third-order valence-corrected chi connectivity index (χ3v) is 7.93. The summed E-state index contributed by atoms with van der Waals surface area (Å²) in [6, 6.07) is 15.4. The number of carbonyl (C=O) groups is 3. The Bertz CT molecular complexity index is 1360. The Labute approximate surface area is 242 Å². The number of esters is 2. The van der Waals surface area contributed by atoms with Gasteiger partial charge in [-0.05, 0) is 76.4 Å². The van der Waals surface area contributed by atoms with E-state index in [0.29, 0.717) is 34.7 Å². The van der Waals surface area contributed by atoms with E-state index in [2.05, 4.69) is 24.1 Å². The van der Waals surface area contributed by atoms with Gasteiger partial charge in [0.05, 0.1) is 25.9 Å². The highest BCUT2D eigenvalue weighted by atomic mass is 16.5. The van der Waals surface area contributed by atoms with E-state index in [-0.39, 0.29) is 19.0 Å². The van der Waals surface area contributed by atoms with Crippen molar-refractivity contribution in [1.29, 1.82) is 0 Å². The summed E-state index contributed by atoms with van der Waals surface area (Å²) < 4.78 is 16.3. The van der Waals surface area contributed by atoms with Gasteiger partial charge in [-0.2, -0.15) is 0 Å². The first-order valence-corrected chi connectivity index (χ1v) is 14.4. The zero-order valence-electron chi connectivity index (χ0n) is 24.8. The van der Waals surface area contributed by atoms with Crippen LogP contribution in [-0.2, 0) is 23.9 Å². The van der Waals surface area contributed by atoms with Crippen molar-refractivity contribution in [1.82, 2.24) is 5.32 Å². The first-order chi connectivity index (χ1) is 19.8. The van der Waals surface area contributed by atoms with Gasteiger partial charge in [-0.1, -0.05) is 24.3 Å². The second kappa shape index (κ2) is 13.1. The Kier molecular flexibility index (Phi) is 9.53. The molecule has 218 valence electrons. The van der Waals surface area contributed by atoms with Gasteiger partial charge in [0.15, 0.2) is 5.78 Å². The van der Waals surface area contributed by atoms with Gasteiger partial charge in [0.1, 0.15) is 11.7 Å². The van der Waals surface area contributed by atoms with Crippen LogP contribution >= 0.6 is 0 Å². The van der Waals surface area contributed by atoms with Crippen LogP contribution in [0.3, 0.4) is 0 Å². The second-order valence-electron chi connectivity index (χ2n) is 10.2. The van der Waals surface area contributed by atoms with Crippen LogP contribution < -0.4 is 15.0 Å². The van der Waals surface area contributed by atoms with Gasteiger partial charge < -0.3 is 24.4 Å². The van der Waals surface area contributed by atoms with Crippen LogP contribution in [0.2, 0.25) is 0 Å². The fourth-order valence-electron chi connectivity index (χ4n) is 6.00. The molecule has 41 heavy (non-hydrogen) atoms. The maximum atomic E-state index is 14.5. The molecule has 2 aromatic rings. The normalized spacial score (nSPS) is 20.2. The Morgan fingerprint density at radius 2 is 1.63 bits per heavy atom. The van der Waals surface area contributed by atoms with Crippen LogP contribution in [0.4, 0.5) is 5.69 Å². The zero-order chi connectivity index (χ0) is 29.7. The van der Waals surface area contributed by atoms with Crippen molar-refractivity contribution in [2.75, 3.05) is 38.3 Å². The number of ether oxygens (including phenoxy) is 3. The van der Waals surface area contributed by atoms with Gasteiger partial charge in [-0.3, -0.25) is 9.59 Å². The van der Waals surface area contributed by atoms with Crippen LogP contribution in [0.15, 0.2) is 71.1 Å². The minimum absolute atomic E-state index is 0.154. The van der Waals surface area contributed by atoms with Gasteiger partial charge in [0.2, 0.25) is 0 Å². The first kappa shape index (κ1) is 29.9. The van der Waals surface area contributed by atoms with Crippen LogP contribution in [0.5, 0.6) is 5.75 Å². The second-order valence-corrected chi connectivity index (χ2v) is 10.2. The Morgan fingerprint density at radius 1 is 0.951 bits per heavy atom. The average Bonchev–Trinajstić information content (AvgIpc) is 2.97. The molecule has 1 N–H and O–H groups in total. The summed E-state index contributed by atoms with van der Waals surface area (Å²) >= 11 is 0. The number of dihydropyridines is 1. The molecule has 0 aromatic heterocycles.